The van der Waals surface area contributed by atoms with Gasteiger partial charge in [0, 0.05) is 20.8 Å². The van der Waals surface area contributed by atoms with Crippen LogP contribution in [-0.2, 0) is 4.79 Å². The van der Waals surface area contributed by atoms with Gasteiger partial charge in [-0.1, -0.05) is 17.7 Å². The van der Waals surface area contributed by atoms with Gasteiger partial charge in [0.1, 0.15) is 11.6 Å². The fraction of sp³-hybridized carbons (Fsp3) is 0.158. The third kappa shape index (κ3) is 3.81. The summed E-state index contributed by atoms with van der Waals surface area (Å²) in [5.41, 5.74) is 5.14. The molecular weight excluding hydrogens is 370 g/mol. The summed E-state index contributed by atoms with van der Waals surface area (Å²) in [6.07, 6.45) is 0. The lowest BCUT2D eigenvalue weighted by Crippen LogP contribution is -2.42. The number of rotatable bonds is 5. The number of carbonyl (C=O) groups excluding carboxylic acids is 1. The molecule has 1 amide bonds. The molecule has 1 aromatic heterocycles. The number of amidine groups is 1. The molecular formula is C19H18ClN3O2S. The van der Waals surface area contributed by atoms with E-state index >= 15 is 0 Å². The molecule has 0 aliphatic heterocycles. The van der Waals surface area contributed by atoms with E-state index in [0.717, 1.165) is 10.1 Å². The van der Waals surface area contributed by atoms with Gasteiger partial charge in [0.15, 0.2) is 5.60 Å². The molecule has 0 aliphatic rings. The number of nitrogens with one attached hydrogen (secondary N) is 2. The van der Waals surface area contributed by atoms with Gasteiger partial charge >= 0.3 is 0 Å². The van der Waals surface area contributed by atoms with Crippen molar-refractivity contribution in [3.8, 4) is 5.75 Å². The van der Waals surface area contributed by atoms with E-state index in [0.29, 0.717) is 21.3 Å². The molecule has 0 bridgehead atoms. The Morgan fingerprint density at radius 3 is 2.58 bits per heavy atom. The van der Waals surface area contributed by atoms with Crippen LogP contribution in [0.25, 0.3) is 10.1 Å². The summed E-state index contributed by atoms with van der Waals surface area (Å²) in [6, 6.07) is 14.3. The van der Waals surface area contributed by atoms with Crippen molar-refractivity contribution in [2.24, 2.45) is 5.73 Å². The fourth-order valence-electron chi connectivity index (χ4n) is 2.42. The number of amides is 1. The Balaban J connectivity index is 1.83. The van der Waals surface area contributed by atoms with E-state index in [1.165, 1.54) is 11.3 Å². The van der Waals surface area contributed by atoms with Gasteiger partial charge in [-0.25, -0.2) is 0 Å². The van der Waals surface area contributed by atoms with Crippen LogP contribution in [0.2, 0.25) is 5.02 Å². The maximum atomic E-state index is 12.8. The molecule has 3 rings (SSSR count). The van der Waals surface area contributed by atoms with Gasteiger partial charge in [-0.3, -0.25) is 10.2 Å². The summed E-state index contributed by atoms with van der Waals surface area (Å²) < 4.78 is 6.77. The summed E-state index contributed by atoms with van der Waals surface area (Å²) in [5.74, 6) is 0.285. The van der Waals surface area contributed by atoms with Crippen molar-refractivity contribution in [3.05, 3.63) is 58.4 Å². The topological polar surface area (TPSA) is 88.2 Å². The lowest BCUT2D eigenvalue weighted by molar-refractivity contribution is -0.128. The van der Waals surface area contributed by atoms with Crippen LogP contribution >= 0.6 is 22.9 Å². The van der Waals surface area contributed by atoms with Crippen LogP contribution < -0.4 is 15.8 Å². The Morgan fingerprint density at radius 2 is 1.92 bits per heavy atom. The minimum absolute atomic E-state index is 0.00915. The van der Waals surface area contributed by atoms with Gasteiger partial charge in [0.25, 0.3) is 5.91 Å². The molecule has 0 atom stereocenters. The first-order chi connectivity index (χ1) is 12.3. The molecule has 0 fully saturated rings. The maximum absolute atomic E-state index is 12.8. The monoisotopic (exact) mass is 387 g/mol. The molecule has 0 unspecified atom stereocenters. The summed E-state index contributed by atoms with van der Waals surface area (Å²) in [5, 5.41) is 12.0. The number of hydrogen-bond acceptors (Lipinski definition) is 4. The van der Waals surface area contributed by atoms with Crippen LogP contribution in [0.1, 0.15) is 18.7 Å². The molecule has 26 heavy (non-hydrogen) atoms. The van der Waals surface area contributed by atoms with Crippen LogP contribution in [0.4, 0.5) is 5.69 Å². The lowest BCUT2D eigenvalue weighted by Gasteiger charge is -2.25. The first-order valence-electron chi connectivity index (χ1n) is 7.89. The molecule has 0 saturated heterocycles. The predicted octanol–water partition coefficient (Wildman–Crippen LogP) is 4.63. The third-order valence-electron chi connectivity index (χ3n) is 3.81. The quantitative estimate of drug-likeness (QED) is 0.440. The second-order valence-electron chi connectivity index (χ2n) is 6.26. The molecule has 0 saturated carbocycles. The number of fused-ring (bicyclic) bond motifs is 1. The molecule has 0 aliphatic carbocycles. The van der Waals surface area contributed by atoms with Gasteiger partial charge in [-0.05, 0) is 56.3 Å². The molecule has 0 spiro atoms. The molecule has 134 valence electrons. The molecule has 2 aromatic carbocycles. The smallest absolute Gasteiger partial charge is 0.267 e. The van der Waals surface area contributed by atoms with Crippen LogP contribution in [0, 0.1) is 5.41 Å². The zero-order valence-corrected chi connectivity index (χ0v) is 15.9. The number of nitrogens with two attached hydrogens (primary N) is 1. The Morgan fingerprint density at radius 1 is 1.23 bits per heavy atom. The number of ether oxygens (including phenoxy) is 1. The Hall–Kier alpha value is -2.57. The van der Waals surface area contributed by atoms with E-state index in [-0.39, 0.29) is 11.7 Å². The van der Waals surface area contributed by atoms with Crippen LogP contribution in [0.3, 0.4) is 0 Å². The first-order valence-corrected chi connectivity index (χ1v) is 9.09. The van der Waals surface area contributed by atoms with Crippen molar-refractivity contribution < 1.29 is 9.53 Å². The fourth-order valence-corrected chi connectivity index (χ4v) is 3.49. The van der Waals surface area contributed by atoms with Crippen molar-refractivity contribution in [2.45, 2.75) is 19.4 Å². The standard InChI is InChI=1S/C19H18ClN3O2S/c1-19(2,25-12-8-6-11(20)7-9-12)18(24)23-14-4-3-5-15-13(14)10-16(26-15)17(21)22/h3-10H,1-2H3,(H3,21,22)(H,23,24). The van der Waals surface area contributed by atoms with E-state index in [2.05, 4.69) is 5.32 Å². The number of benzene rings is 2. The average Bonchev–Trinajstić information content (AvgIpc) is 3.02. The highest BCUT2D eigenvalue weighted by atomic mass is 35.5. The summed E-state index contributed by atoms with van der Waals surface area (Å²) in [6.45, 7) is 3.40. The van der Waals surface area contributed by atoms with Gasteiger partial charge in [0.2, 0.25) is 0 Å². The van der Waals surface area contributed by atoms with Crippen molar-refractivity contribution in [1.29, 1.82) is 5.41 Å². The van der Waals surface area contributed by atoms with E-state index in [1.54, 1.807) is 38.1 Å². The van der Waals surface area contributed by atoms with Gasteiger partial charge in [-0.15, -0.1) is 11.3 Å². The zero-order valence-electron chi connectivity index (χ0n) is 14.3. The average molecular weight is 388 g/mol. The van der Waals surface area contributed by atoms with E-state index in [4.69, 9.17) is 27.5 Å². The minimum Gasteiger partial charge on any atom is -0.478 e. The van der Waals surface area contributed by atoms with Crippen molar-refractivity contribution in [1.82, 2.24) is 0 Å². The summed E-state index contributed by atoms with van der Waals surface area (Å²) in [4.78, 5) is 13.4. The maximum Gasteiger partial charge on any atom is 0.267 e. The highest BCUT2D eigenvalue weighted by molar-refractivity contribution is 7.21. The molecule has 7 heteroatoms. The first kappa shape index (κ1) is 18.2. The van der Waals surface area contributed by atoms with Gasteiger partial charge in [0.05, 0.1) is 4.88 Å². The number of halogens is 1. The van der Waals surface area contributed by atoms with E-state index in [9.17, 15) is 4.79 Å². The van der Waals surface area contributed by atoms with Crippen molar-refractivity contribution in [2.75, 3.05) is 5.32 Å². The SMILES string of the molecule is CC(C)(Oc1ccc(Cl)cc1)C(=O)Nc1cccc2sc(C(=N)N)cc12. The molecule has 0 radical (unpaired) electrons. The second-order valence-corrected chi connectivity index (χ2v) is 7.78. The Labute approximate surface area is 160 Å². The van der Waals surface area contributed by atoms with Crippen LogP contribution in [-0.4, -0.2) is 17.3 Å². The minimum atomic E-state index is -1.09. The largest absolute Gasteiger partial charge is 0.478 e. The normalized spacial score (nSPS) is 11.3. The van der Waals surface area contributed by atoms with Crippen LogP contribution in [0.5, 0.6) is 5.75 Å². The summed E-state index contributed by atoms with van der Waals surface area (Å²) >= 11 is 7.29. The van der Waals surface area contributed by atoms with E-state index < -0.39 is 5.60 Å². The highest BCUT2D eigenvalue weighted by Crippen LogP contribution is 2.32. The van der Waals surface area contributed by atoms with Crippen molar-refractivity contribution >= 4 is 50.5 Å². The van der Waals surface area contributed by atoms with Crippen molar-refractivity contribution in [3.63, 3.8) is 0 Å². The summed E-state index contributed by atoms with van der Waals surface area (Å²) in [7, 11) is 0. The molecule has 3 aromatic rings. The number of anilines is 1. The number of thiophene rings is 1. The number of nitrogen functional groups attached to an aromatic ring is 1. The molecule has 4 N–H and O–H groups in total. The number of hydrogen-bond donors (Lipinski definition) is 3. The van der Waals surface area contributed by atoms with Crippen LogP contribution in [0.15, 0.2) is 48.5 Å². The lowest BCUT2D eigenvalue weighted by atomic mass is 10.1. The molecule has 5 nitrogen and oxygen atoms in total. The zero-order chi connectivity index (χ0) is 18.9. The second kappa shape index (κ2) is 6.97. The molecule has 1 heterocycles. The van der Waals surface area contributed by atoms with E-state index in [1.807, 2.05) is 24.3 Å². The van der Waals surface area contributed by atoms with Gasteiger partial charge in [-0.2, -0.15) is 0 Å². The highest BCUT2D eigenvalue weighted by Gasteiger charge is 2.30. The predicted molar refractivity (Wildman–Crippen MR) is 108 cm³/mol. The number of carbonyl (C=O) groups is 1. The van der Waals surface area contributed by atoms with Gasteiger partial charge < -0.3 is 15.8 Å². The Kier molecular flexibility index (Phi) is 4.89. The third-order valence-corrected chi connectivity index (χ3v) is 5.19. The Bertz CT molecular complexity index is 980.